The normalized spacial score (nSPS) is 35.9. The lowest BCUT2D eigenvalue weighted by molar-refractivity contribution is -0.327. The number of carbonyl (C=O) groups is 3. The average Bonchev–Trinajstić information content (AvgIpc) is 3.12. The van der Waals surface area contributed by atoms with Gasteiger partial charge in [-0.3, -0.25) is 9.59 Å². The molecule has 0 aliphatic carbocycles. The van der Waals surface area contributed by atoms with Gasteiger partial charge in [0.2, 0.25) is 5.79 Å². The van der Waals surface area contributed by atoms with Crippen molar-refractivity contribution in [2.75, 3.05) is 33.5 Å². The van der Waals surface area contributed by atoms with Crippen LogP contribution >= 0.6 is 0 Å². The van der Waals surface area contributed by atoms with E-state index >= 15 is 0 Å². The van der Waals surface area contributed by atoms with Crippen molar-refractivity contribution in [1.82, 2.24) is 0 Å². The van der Waals surface area contributed by atoms with Crippen molar-refractivity contribution in [3.8, 4) is 0 Å². The molecule has 1 spiro atoms. The number of cyclic esters (lactones) is 1. The first kappa shape index (κ1) is 43.3. The predicted molar refractivity (Wildman–Crippen MR) is 190 cm³/mol. The van der Waals surface area contributed by atoms with Gasteiger partial charge < -0.3 is 53.2 Å². The number of methoxy groups -OCH3 is 1. The van der Waals surface area contributed by atoms with Crippen LogP contribution in [0.3, 0.4) is 0 Å². The summed E-state index contributed by atoms with van der Waals surface area (Å²) in [5.41, 5.74) is -1.08. The quantitative estimate of drug-likeness (QED) is 0.0995. The summed E-state index contributed by atoms with van der Waals surface area (Å²) in [5, 5.41) is 33.6. The third-order valence-corrected chi connectivity index (χ3v) is 10.5. The summed E-state index contributed by atoms with van der Waals surface area (Å²) >= 11 is 0. The largest absolute Gasteiger partial charge is 0.466 e. The zero-order chi connectivity index (χ0) is 38.5. The van der Waals surface area contributed by atoms with Crippen LogP contribution in [0.15, 0.2) is 23.8 Å². The number of esters is 3. The van der Waals surface area contributed by atoms with E-state index in [2.05, 4.69) is 6.92 Å². The Morgan fingerprint density at radius 1 is 1.02 bits per heavy atom. The van der Waals surface area contributed by atoms with Crippen molar-refractivity contribution in [3.63, 3.8) is 0 Å². The van der Waals surface area contributed by atoms with E-state index in [4.69, 9.17) is 37.9 Å². The highest BCUT2D eigenvalue weighted by atomic mass is 16.7. The highest BCUT2D eigenvalue weighted by Gasteiger charge is 2.57. The molecular formula is C39H62O14. The number of ether oxygens (including phenoxy) is 8. The molecule has 0 amide bonds. The Morgan fingerprint density at radius 3 is 2.51 bits per heavy atom. The molecular weight excluding hydrogens is 692 g/mol. The molecule has 3 N–H and O–H groups in total. The second kappa shape index (κ2) is 20.5. The number of hydrogen-bond acceptors (Lipinski definition) is 14. The lowest BCUT2D eigenvalue weighted by Gasteiger charge is -2.51. The minimum atomic E-state index is -2.27. The summed E-state index contributed by atoms with van der Waals surface area (Å²) in [6, 6.07) is 0. The third kappa shape index (κ3) is 12.5. The number of carbonyl (C=O) groups excluding carboxylic acids is 3. The van der Waals surface area contributed by atoms with E-state index in [9.17, 15) is 29.7 Å². The van der Waals surface area contributed by atoms with Crippen LogP contribution in [-0.2, 0) is 52.3 Å². The van der Waals surface area contributed by atoms with E-state index in [0.717, 1.165) is 38.5 Å². The zero-order valence-corrected chi connectivity index (χ0v) is 32.0. The number of aliphatic hydroxyl groups is 3. The summed E-state index contributed by atoms with van der Waals surface area (Å²) in [7, 11) is 1.22. The topological polar surface area (TPSA) is 186 Å². The maximum absolute atomic E-state index is 13.3. The van der Waals surface area contributed by atoms with Crippen molar-refractivity contribution < 1.29 is 67.6 Å². The predicted octanol–water partition coefficient (Wildman–Crippen LogP) is 4.30. The van der Waals surface area contributed by atoms with Gasteiger partial charge >= 0.3 is 17.9 Å². The minimum Gasteiger partial charge on any atom is -0.466 e. The molecule has 3 fully saturated rings. The van der Waals surface area contributed by atoms with Crippen LogP contribution in [0.5, 0.6) is 0 Å². The number of aliphatic hydroxyl groups excluding tert-OH is 2. The Labute approximate surface area is 313 Å². The van der Waals surface area contributed by atoms with Crippen molar-refractivity contribution >= 4 is 17.9 Å². The van der Waals surface area contributed by atoms with Gasteiger partial charge in [0.1, 0.15) is 6.10 Å². The molecule has 3 saturated heterocycles. The highest BCUT2D eigenvalue weighted by molar-refractivity contribution is 5.83. The van der Waals surface area contributed by atoms with Crippen molar-refractivity contribution in [2.24, 2.45) is 5.41 Å². The molecule has 14 heteroatoms. The molecule has 302 valence electrons. The van der Waals surface area contributed by atoms with E-state index in [1.807, 2.05) is 0 Å². The van der Waals surface area contributed by atoms with Crippen LogP contribution in [-0.4, -0.2) is 115 Å². The van der Waals surface area contributed by atoms with Crippen LogP contribution in [0.25, 0.3) is 0 Å². The fourth-order valence-corrected chi connectivity index (χ4v) is 7.34. The molecule has 0 saturated carbocycles. The molecule has 4 heterocycles. The van der Waals surface area contributed by atoms with Gasteiger partial charge in [-0.1, -0.05) is 52.5 Å². The Balaban J connectivity index is 1.69. The molecule has 4 rings (SSSR count). The van der Waals surface area contributed by atoms with E-state index < -0.39 is 72.2 Å². The Morgan fingerprint density at radius 2 is 1.79 bits per heavy atom. The number of hydrogen-bond donors (Lipinski definition) is 3. The summed E-state index contributed by atoms with van der Waals surface area (Å²) in [5.74, 6) is -5.22. The van der Waals surface area contributed by atoms with Gasteiger partial charge in [-0.25, -0.2) is 4.79 Å². The summed E-state index contributed by atoms with van der Waals surface area (Å²) < 4.78 is 47.7. The monoisotopic (exact) mass is 754 g/mol. The molecule has 8 atom stereocenters. The van der Waals surface area contributed by atoms with Crippen molar-refractivity contribution in [1.29, 1.82) is 0 Å². The molecule has 0 aromatic heterocycles. The van der Waals surface area contributed by atoms with Crippen molar-refractivity contribution in [2.45, 2.75) is 165 Å². The van der Waals surface area contributed by atoms with Crippen molar-refractivity contribution in [3.05, 3.63) is 23.8 Å². The van der Waals surface area contributed by atoms with Gasteiger partial charge in [-0.05, 0) is 50.2 Å². The first-order valence-corrected chi connectivity index (χ1v) is 19.4. The average molecular weight is 755 g/mol. The van der Waals surface area contributed by atoms with Crippen LogP contribution in [0.2, 0.25) is 0 Å². The number of fused-ring (bicyclic) bond motifs is 4. The summed E-state index contributed by atoms with van der Waals surface area (Å²) in [6.07, 6.45) is 6.76. The molecule has 4 aliphatic heterocycles. The summed E-state index contributed by atoms with van der Waals surface area (Å²) in [4.78, 5) is 38.9. The second-order valence-electron chi connectivity index (χ2n) is 15.2. The van der Waals surface area contributed by atoms with Crippen LogP contribution < -0.4 is 0 Å². The molecule has 0 unspecified atom stereocenters. The van der Waals surface area contributed by atoms with Gasteiger partial charge in [-0.15, -0.1) is 0 Å². The summed E-state index contributed by atoms with van der Waals surface area (Å²) in [6.45, 7) is 5.99. The van der Waals surface area contributed by atoms with Gasteiger partial charge in [0.05, 0.1) is 58.3 Å². The molecule has 4 bridgehead atoms. The van der Waals surface area contributed by atoms with Gasteiger partial charge in [0.15, 0.2) is 18.2 Å². The fraction of sp³-hybridized carbons (Fsp3) is 0.821. The Kier molecular flexibility index (Phi) is 16.7. The first-order chi connectivity index (χ1) is 25.3. The second-order valence-corrected chi connectivity index (χ2v) is 15.2. The SMILES string of the molecule is CCCCCCCC(=O)O[C@H]1/C(=C/C(=O)OC)C[C@H]2C[C@H](CO)OC(=O)C[C@H](O)CCO[C@]3(CCCCO3)C[C@@H]3CCO[C@H](/C=C/C(C)(C)[C@]1(O)O2)O3. The molecule has 4 aliphatic rings. The van der Waals surface area contributed by atoms with Crippen LogP contribution in [0.1, 0.15) is 117 Å². The van der Waals surface area contributed by atoms with Crippen LogP contribution in [0, 0.1) is 5.41 Å². The Hall–Kier alpha value is -2.43. The van der Waals surface area contributed by atoms with Gasteiger partial charge in [0.25, 0.3) is 0 Å². The molecule has 0 aromatic carbocycles. The fourth-order valence-electron chi connectivity index (χ4n) is 7.34. The molecule has 0 aromatic rings. The molecule has 14 nitrogen and oxygen atoms in total. The maximum Gasteiger partial charge on any atom is 0.330 e. The van der Waals surface area contributed by atoms with Gasteiger partial charge in [0, 0.05) is 37.2 Å². The standard InChI is InChI=1S/C39H62O14/c1-5-6-7-8-9-12-32(42)52-36-27(22-33(43)46-4)21-30-24-31(26-40)50-34(44)23-28(41)14-20-49-38(16-10-11-18-48-38)25-29-15-19-47-35(51-29)13-17-37(2,3)39(36,45)53-30/h13,17,22,28-31,35-36,40-41,45H,5-12,14-16,18-21,23-26H2,1-4H3/b17-13+,27-22+/t28-,29+,30+,31-,35+,36+,38-,39-/m1/s1. The lowest BCUT2D eigenvalue weighted by Crippen LogP contribution is -2.62. The smallest absolute Gasteiger partial charge is 0.330 e. The maximum atomic E-state index is 13.3. The van der Waals surface area contributed by atoms with E-state index in [1.165, 1.54) is 13.2 Å². The van der Waals surface area contributed by atoms with Gasteiger partial charge in [-0.2, -0.15) is 0 Å². The molecule has 0 radical (unpaired) electrons. The third-order valence-electron chi connectivity index (χ3n) is 10.5. The van der Waals surface area contributed by atoms with Crippen LogP contribution in [0.4, 0.5) is 0 Å². The first-order valence-electron chi connectivity index (χ1n) is 19.4. The number of rotatable bonds is 9. The minimum absolute atomic E-state index is 0.0139. The Bertz CT molecular complexity index is 1240. The zero-order valence-electron chi connectivity index (χ0n) is 32.0. The number of unbranched alkanes of at least 4 members (excludes halogenated alkanes) is 4. The lowest BCUT2D eigenvalue weighted by atomic mass is 9.74. The molecule has 53 heavy (non-hydrogen) atoms. The highest BCUT2D eigenvalue weighted by Crippen LogP contribution is 2.47. The van der Waals surface area contributed by atoms with E-state index in [1.54, 1.807) is 26.0 Å². The van der Waals surface area contributed by atoms with E-state index in [-0.39, 0.29) is 50.4 Å². The van der Waals surface area contributed by atoms with E-state index in [0.29, 0.717) is 38.9 Å².